The van der Waals surface area contributed by atoms with Gasteiger partial charge in [0, 0.05) is 37.1 Å². The Hall–Kier alpha value is -1.59. The van der Waals surface area contributed by atoms with Crippen LogP contribution >= 0.6 is 0 Å². The maximum atomic E-state index is 11.1. The summed E-state index contributed by atoms with van der Waals surface area (Å²) in [7, 11) is 1.98. The van der Waals surface area contributed by atoms with E-state index >= 15 is 0 Å². The molecule has 0 aliphatic heterocycles. The molecule has 0 saturated heterocycles. The second kappa shape index (κ2) is 6.05. The maximum Gasteiger partial charge on any atom is 0.267 e. The highest BCUT2D eigenvalue weighted by molar-refractivity contribution is 5.90. The van der Waals surface area contributed by atoms with Crippen LogP contribution in [0.25, 0.3) is 6.08 Å². The van der Waals surface area contributed by atoms with E-state index in [0.717, 1.165) is 30.0 Å². The van der Waals surface area contributed by atoms with Gasteiger partial charge in [-0.15, -0.1) is 0 Å². The molecule has 0 atom stereocenters. The SMILES string of the molecule is Cn1cc(CNC23CC4CC(CC(C4)C2)C3)cc1C=CC(=O)NO. The van der Waals surface area contributed by atoms with Crippen molar-refractivity contribution in [1.82, 2.24) is 15.4 Å². The zero-order valence-electron chi connectivity index (χ0n) is 14.3. The highest BCUT2D eigenvalue weighted by Crippen LogP contribution is 2.55. The minimum atomic E-state index is -0.510. The van der Waals surface area contributed by atoms with Crippen LogP contribution in [0, 0.1) is 17.8 Å². The average molecular weight is 329 g/mol. The number of amides is 1. The van der Waals surface area contributed by atoms with Gasteiger partial charge in [-0.25, -0.2) is 5.48 Å². The van der Waals surface area contributed by atoms with E-state index in [1.165, 1.54) is 50.2 Å². The molecule has 1 aromatic rings. The quantitative estimate of drug-likeness (QED) is 0.442. The number of hydroxylamine groups is 1. The van der Waals surface area contributed by atoms with Crippen molar-refractivity contribution in [3.05, 3.63) is 29.6 Å². The number of nitrogens with zero attached hydrogens (tertiary/aromatic N) is 1. The van der Waals surface area contributed by atoms with Gasteiger partial charge in [0.25, 0.3) is 5.91 Å². The predicted molar refractivity (Wildman–Crippen MR) is 92.1 cm³/mol. The number of nitrogens with one attached hydrogen (secondary N) is 2. The predicted octanol–water partition coefficient (Wildman–Crippen LogP) is 2.60. The molecule has 5 nitrogen and oxygen atoms in total. The lowest BCUT2D eigenvalue weighted by atomic mass is 9.53. The van der Waals surface area contributed by atoms with E-state index in [4.69, 9.17) is 5.21 Å². The monoisotopic (exact) mass is 329 g/mol. The fraction of sp³-hybridized carbons (Fsp3) is 0.632. The van der Waals surface area contributed by atoms with Gasteiger partial charge < -0.3 is 9.88 Å². The molecule has 4 aliphatic rings. The summed E-state index contributed by atoms with van der Waals surface area (Å²) in [6.07, 6.45) is 13.6. The van der Waals surface area contributed by atoms with Crippen molar-refractivity contribution in [1.29, 1.82) is 0 Å². The van der Waals surface area contributed by atoms with Gasteiger partial charge in [-0.1, -0.05) is 0 Å². The number of rotatable bonds is 5. The van der Waals surface area contributed by atoms with E-state index in [0.29, 0.717) is 5.54 Å². The van der Waals surface area contributed by atoms with E-state index in [-0.39, 0.29) is 0 Å². The highest BCUT2D eigenvalue weighted by atomic mass is 16.5. The molecule has 5 rings (SSSR count). The summed E-state index contributed by atoms with van der Waals surface area (Å²) in [4.78, 5) is 11.1. The molecule has 4 aliphatic carbocycles. The maximum absolute atomic E-state index is 11.1. The molecule has 4 fully saturated rings. The number of aromatic nitrogens is 1. The van der Waals surface area contributed by atoms with Crippen LogP contribution in [-0.4, -0.2) is 21.2 Å². The van der Waals surface area contributed by atoms with Crippen molar-refractivity contribution >= 4 is 12.0 Å². The van der Waals surface area contributed by atoms with Crippen LogP contribution in [0.1, 0.15) is 49.8 Å². The lowest BCUT2D eigenvalue weighted by Crippen LogP contribution is -2.58. The number of aryl methyl sites for hydroxylation is 1. The van der Waals surface area contributed by atoms with Gasteiger partial charge in [-0.2, -0.15) is 0 Å². The standard InChI is InChI=1S/C19H27N3O2/c1-22-12-16(7-17(22)2-3-18(23)21-24)11-20-19-8-13-4-14(9-19)6-15(5-13)10-19/h2-3,7,12-15,20,24H,4-6,8-11H2,1H3,(H,21,23). The molecule has 4 bridgehead atoms. The summed E-state index contributed by atoms with van der Waals surface area (Å²) < 4.78 is 2.01. The van der Waals surface area contributed by atoms with Gasteiger partial charge in [0.15, 0.2) is 0 Å². The minimum absolute atomic E-state index is 0.372. The molecule has 1 aromatic heterocycles. The topological polar surface area (TPSA) is 66.3 Å². The van der Waals surface area contributed by atoms with Crippen LogP contribution in [0.3, 0.4) is 0 Å². The highest BCUT2D eigenvalue weighted by Gasteiger charge is 2.50. The second-order valence-corrected chi connectivity index (χ2v) is 8.24. The van der Waals surface area contributed by atoms with E-state index in [9.17, 15) is 4.79 Å². The van der Waals surface area contributed by atoms with Crippen LogP contribution in [0.5, 0.6) is 0 Å². The fourth-order valence-corrected chi connectivity index (χ4v) is 5.73. The first kappa shape index (κ1) is 15.9. The average Bonchev–Trinajstić information content (AvgIpc) is 2.89. The van der Waals surface area contributed by atoms with Crippen LogP contribution in [-0.2, 0) is 18.4 Å². The lowest BCUT2D eigenvalue weighted by molar-refractivity contribution is -0.124. The first-order valence-electron chi connectivity index (χ1n) is 9.08. The molecule has 1 heterocycles. The summed E-state index contributed by atoms with van der Waals surface area (Å²) in [5.74, 6) is 2.35. The smallest absolute Gasteiger partial charge is 0.267 e. The van der Waals surface area contributed by atoms with Crippen molar-refractivity contribution in [3.8, 4) is 0 Å². The van der Waals surface area contributed by atoms with E-state index < -0.39 is 5.91 Å². The van der Waals surface area contributed by atoms with Crippen LogP contribution in [0.2, 0.25) is 0 Å². The van der Waals surface area contributed by atoms with Crippen molar-refractivity contribution < 1.29 is 10.0 Å². The Bertz CT molecular complexity index is 626. The summed E-state index contributed by atoms with van der Waals surface area (Å²) in [6.45, 7) is 0.889. The number of hydrogen-bond donors (Lipinski definition) is 3. The fourth-order valence-electron chi connectivity index (χ4n) is 5.73. The van der Waals surface area contributed by atoms with Crippen molar-refractivity contribution in [2.24, 2.45) is 24.8 Å². The molecular weight excluding hydrogens is 302 g/mol. The molecule has 0 aromatic carbocycles. The molecular formula is C19H27N3O2. The van der Waals surface area contributed by atoms with Gasteiger partial charge in [-0.3, -0.25) is 10.0 Å². The van der Waals surface area contributed by atoms with Gasteiger partial charge >= 0.3 is 0 Å². The molecule has 5 heteroatoms. The molecule has 130 valence electrons. The molecule has 0 radical (unpaired) electrons. The second-order valence-electron chi connectivity index (χ2n) is 8.24. The van der Waals surface area contributed by atoms with Gasteiger partial charge in [0.1, 0.15) is 0 Å². The molecule has 3 N–H and O–H groups in total. The zero-order chi connectivity index (χ0) is 16.7. The molecule has 24 heavy (non-hydrogen) atoms. The Morgan fingerprint density at radius 3 is 2.50 bits per heavy atom. The summed E-state index contributed by atoms with van der Waals surface area (Å²) in [6, 6.07) is 2.11. The largest absolute Gasteiger partial charge is 0.351 e. The third-order valence-corrected chi connectivity index (χ3v) is 6.32. The summed E-state index contributed by atoms with van der Waals surface area (Å²) in [5.41, 5.74) is 4.19. The lowest BCUT2D eigenvalue weighted by Gasteiger charge is -2.57. The Balaban J connectivity index is 1.41. The Morgan fingerprint density at radius 1 is 1.29 bits per heavy atom. The molecule has 1 amide bonds. The van der Waals surface area contributed by atoms with Crippen molar-refractivity contribution in [2.45, 2.75) is 50.6 Å². The first-order chi connectivity index (χ1) is 11.5. The first-order valence-corrected chi connectivity index (χ1v) is 9.08. The van der Waals surface area contributed by atoms with E-state index in [2.05, 4.69) is 17.6 Å². The summed E-state index contributed by atoms with van der Waals surface area (Å²) in [5, 5.41) is 12.5. The van der Waals surface area contributed by atoms with Crippen molar-refractivity contribution in [3.63, 3.8) is 0 Å². The number of hydrogen-bond acceptors (Lipinski definition) is 3. The minimum Gasteiger partial charge on any atom is -0.351 e. The molecule has 0 unspecified atom stereocenters. The Morgan fingerprint density at radius 2 is 1.92 bits per heavy atom. The number of carbonyl (C=O) groups is 1. The zero-order valence-corrected chi connectivity index (χ0v) is 14.3. The van der Waals surface area contributed by atoms with Crippen molar-refractivity contribution in [2.75, 3.05) is 0 Å². The Labute approximate surface area is 143 Å². The van der Waals surface area contributed by atoms with E-state index in [1.54, 1.807) is 11.6 Å². The third kappa shape index (κ3) is 3.03. The van der Waals surface area contributed by atoms with E-state index in [1.807, 2.05) is 11.6 Å². The van der Waals surface area contributed by atoms with Crippen LogP contribution in [0.4, 0.5) is 0 Å². The third-order valence-electron chi connectivity index (χ3n) is 6.32. The normalized spacial score (nSPS) is 34.2. The molecule has 4 saturated carbocycles. The van der Waals surface area contributed by atoms with Crippen LogP contribution in [0.15, 0.2) is 18.3 Å². The Kier molecular flexibility index (Phi) is 4.01. The number of carbonyl (C=O) groups excluding carboxylic acids is 1. The molecule has 0 spiro atoms. The van der Waals surface area contributed by atoms with Gasteiger partial charge in [-0.05, 0) is 74.0 Å². The van der Waals surface area contributed by atoms with Gasteiger partial charge in [0.2, 0.25) is 0 Å². The van der Waals surface area contributed by atoms with Gasteiger partial charge in [0.05, 0.1) is 0 Å². The van der Waals surface area contributed by atoms with Crippen LogP contribution < -0.4 is 10.8 Å². The summed E-state index contributed by atoms with van der Waals surface area (Å²) >= 11 is 0.